The Morgan fingerprint density at radius 1 is 0.647 bits per heavy atom. The Bertz CT molecular complexity index is 140. The van der Waals surface area contributed by atoms with Crippen molar-refractivity contribution in [3.8, 4) is 0 Å². The van der Waals surface area contributed by atoms with Crippen molar-refractivity contribution in [3.05, 3.63) is 0 Å². The molecule has 0 fully saturated rings. The van der Waals surface area contributed by atoms with E-state index >= 15 is 0 Å². The van der Waals surface area contributed by atoms with Crippen molar-refractivity contribution in [1.82, 2.24) is 0 Å². The van der Waals surface area contributed by atoms with Crippen LogP contribution >= 0.6 is 0 Å². The van der Waals surface area contributed by atoms with Gasteiger partial charge in [-0.2, -0.15) is 0 Å². The summed E-state index contributed by atoms with van der Waals surface area (Å²) in [5, 5.41) is 0. The Morgan fingerprint density at radius 2 is 0.647 bits per heavy atom. The quantitative estimate of drug-likeness (QED) is 0.321. The monoisotopic (exact) mass is 447 g/mol. The molecule has 0 heterocycles. The van der Waals surface area contributed by atoms with Crippen molar-refractivity contribution in [2.24, 2.45) is 0 Å². The fourth-order valence-corrected chi connectivity index (χ4v) is 0. The minimum absolute atomic E-state index is 0. The van der Waals surface area contributed by atoms with E-state index in [-0.39, 0.29) is 50.3 Å². The minimum atomic E-state index is -3.63. The third-order valence-corrected chi connectivity index (χ3v) is 0. The molecular formula is Al2Co3O10Si2. The van der Waals surface area contributed by atoms with Gasteiger partial charge in [-0.25, -0.2) is 0 Å². The van der Waals surface area contributed by atoms with Crippen LogP contribution < -0.4 is 27.5 Å². The van der Waals surface area contributed by atoms with E-state index in [1.54, 1.807) is 0 Å². The van der Waals surface area contributed by atoms with E-state index in [0.717, 1.165) is 0 Å². The summed E-state index contributed by atoms with van der Waals surface area (Å²) in [4.78, 5) is 34.1. The van der Waals surface area contributed by atoms with Gasteiger partial charge in [0.15, 0.2) is 0 Å². The molecule has 0 spiro atoms. The molecule has 10 nitrogen and oxygen atoms in total. The summed E-state index contributed by atoms with van der Waals surface area (Å²) in [6, 6.07) is 0. The van der Waals surface area contributed by atoms with Gasteiger partial charge >= 0.3 is 97.2 Å². The fraction of sp³-hybridized carbons (Fsp3) is 0. The SMILES string of the molecule is O=[Si]([O-])[O-].O=[Si]([O-])[O-].[Co+2].[Co+2].[Co+2].[O]=[Al][O-].[O]=[Al][O-]. The van der Waals surface area contributed by atoms with Crippen LogP contribution in [-0.4, -0.2) is 49.3 Å². The molecule has 0 saturated heterocycles. The summed E-state index contributed by atoms with van der Waals surface area (Å²) in [7, 11) is -7.26. The van der Waals surface area contributed by atoms with Crippen LogP contribution in [0.4, 0.5) is 0 Å². The molecule has 0 bridgehead atoms. The molecule has 101 valence electrons. The second kappa shape index (κ2) is 53.7. The summed E-state index contributed by atoms with van der Waals surface area (Å²) in [6.45, 7) is 0. The van der Waals surface area contributed by atoms with Crippen molar-refractivity contribution in [3.63, 3.8) is 0 Å². The van der Waals surface area contributed by atoms with Crippen molar-refractivity contribution in [2.75, 3.05) is 0 Å². The Balaban J connectivity index is -0.0000000149. The third kappa shape index (κ3) is 3700. The number of hydrogen-bond acceptors (Lipinski definition) is 10. The molecule has 0 saturated carbocycles. The normalized spacial score (nSPS) is 3.76. The topological polar surface area (TPSA) is 207 Å². The van der Waals surface area contributed by atoms with E-state index in [9.17, 15) is 0 Å². The van der Waals surface area contributed by atoms with E-state index in [4.69, 9.17) is 44.0 Å². The molecule has 0 aromatic heterocycles. The van der Waals surface area contributed by atoms with Crippen LogP contribution in [0.15, 0.2) is 0 Å². The molecule has 0 atom stereocenters. The first kappa shape index (κ1) is 43.0. The average molecular weight is 447 g/mol. The predicted molar refractivity (Wildman–Crippen MR) is 25.8 cm³/mol. The summed E-state index contributed by atoms with van der Waals surface area (Å²) < 4.78 is 50.9. The molecule has 17 heavy (non-hydrogen) atoms. The van der Waals surface area contributed by atoms with E-state index in [1.165, 1.54) is 0 Å². The van der Waals surface area contributed by atoms with Gasteiger partial charge in [-0.1, -0.05) is 0 Å². The molecule has 0 unspecified atom stereocenters. The molecule has 0 aliphatic carbocycles. The Kier molecular flexibility index (Phi) is 136. The zero-order valence-corrected chi connectivity index (χ0v) is 14.7. The van der Waals surface area contributed by atoms with Gasteiger partial charge in [0.1, 0.15) is 0 Å². The summed E-state index contributed by atoms with van der Waals surface area (Å²) in [6.07, 6.45) is 0. The van der Waals surface area contributed by atoms with Crippen molar-refractivity contribution >= 4 is 49.3 Å². The fourth-order valence-electron chi connectivity index (χ4n) is 0. The van der Waals surface area contributed by atoms with Crippen molar-refractivity contribution in [1.29, 1.82) is 0 Å². The molecule has 0 N–H and O–H groups in total. The van der Waals surface area contributed by atoms with Gasteiger partial charge in [0.2, 0.25) is 0 Å². The molecule has 0 aromatic carbocycles. The van der Waals surface area contributed by atoms with Crippen LogP contribution in [0.25, 0.3) is 0 Å². The molecule has 17 heteroatoms. The predicted octanol–water partition coefficient (Wildman–Crippen LogP) is -9.14. The summed E-state index contributed by atoms with van der Waals surface area (Å²) in [5.41, 5.74) is 0. The Morgan fingerprint density at radius 3 is 0.647 bits per heavy atom. The second-order valence-corrected chi connectivity index (χ2v) is 2.08. The van der Waals surface area contributed by atoms with Crippen molar-refractivity contribution < 1.29 is 94.4 Å². The van der Waals surface area contributed by atoms with Gasteiger partial charge in [0.05, 0.1) is 0 Å². The molecular weight excluding hydrogens is 447 g/mol. The van der Waals surface area contributed by atoms with E-state index in [2.05, 4.69) is 0 Å². The third-order valence-electron chi connectivity index (χ3n) is 0. The van der Waals surface area contributed by atoms with Crippen LogP contribution in [0.5, 0.6) is 0 Å². The zero-order chi connectivity index (χ0) is 12.6. The first-order chi connectivity index (χ1) is 6.29. The van der Waals surface area contributed by atoms with Crippen LogP contribution in [0, 0.1) is 0 Å². The molecule has 0 aromatic rings. The molecule has 3 radical (unpaired) electrons. The number of hydrogen-bond donors (Lipinski definition) is 0. The number of rotatable bonds is 0. The van der Waals surface area contributed by atoms with E-state index in [1.807, 2.05) is 0 Å². The van der Waals surface area contributed by atoms with E-state index < -0.39 is 49.3 Å². The summed E-state index contributed by atoms with van der Waals surface area (Å²) in [5.74, 6) is 0. The van der Waals surface area contributed by atoms with Gasteiger partial charge in [0.25, 0.3) is 0 Å². The molecule has 0 aliphatic rings. The van der Waals surface area contributed by atoms with Crippen LogP contribution in [0.1, 0.15) is 0 Å². The van der Waals surface area contributed by atoms with Gasteiger partial charge in [-0.15, -0.1) is 0 Å². The van der Waals surface area contributed by atoms with Crippen molar-refractivity contribution in [2.45, 2.75) is 0 Å². The average Bonchev–Trinajstić information content (AvgIpc) is 1.85. The standard InChI is InChI=1S/2Al.3Co.2O3Si.4O/c;;;;;2*1-4(2)3;;;;/q;;3*+2;2*-2;;;2*-1. The van der Waals surface area contributed by atoms with Gasteiger partial charge in [-0.05, 0) is 0 Å². The van der Waals surface area contributed by atoms with Crippen LogP contribution in [0.3, 0.4) is 0 Å². The maximum atomic E-state index is 8.52. The molecule has 0 amide bonds. The first-order valence-corrected chi connectivity index (χ1v) is 6.50. The molecule has 0 rings (SSSR count). The van der Waals surface area contributed by atoms with Gasteiger partial charge in [-0.3, -0.25) is 0 Å². The van der Waals surface area contributed by atoms with Crippen LogP contribution in [-0.2, 0) is 66.9 Å². The van der Waals surface area contributed by atoms with Crippen LogP contribution in [0.2, 0.25) is 0 Å². The second-order valence-electron chi connectivity index (χ2n) is 0.692. The molecule has 0 aliphatic heterocycles. The van der Waals surface area contributed by atoms with E-state index in [0.29, 0.717) is 0 Å². The zero-order valence-electron chi connectivity index (χ0n) is 7.24. The summed E-state index contributed by atoms with van der Waals surface area (Å²) >= 11 is -3.50. The van der Waals surface area contributed by atoms with Gasteiger partial charge in [0, 0.05) is 18.3 Å². The Hall–Kier alpha value is 1.02. The Labute approximate surface area is 142 Å². The maximum absolute atomic E-state index is 8.52. The first-order valence-electron chi connectivity index (χ1n) is 2.17. The van der Waals surface area contributed by atoms with Gasteiger partial charge < -0.3 is 28.1 Å².